The molecular formula is C15H21NO3S. The van der Waals surface area contributed by atoms with E-state index in [9.17, 15) is 9.90 Å². The molecule has 1 aromatic rings. The summed E-state index contributed by atoms with van der Waals surface area (Å²) in [5, 5.41) is 13.5. The molecule has 1 fully saturated rings. The van der Waals surface area contributed by atoms with Crippen LogP contribution >= 0.6 is 11.8 Å². The molecule has 0 aromatic heterocycles. The summed E-state index contributed by atoms with van der Waals surface area (Å²) in [7, 11) is 1.53. The molecule has 1 aliphatic rings. The Bertz CT molecular complexity index is 478. The number of thioether (sulfide) groups is 1. The molecule has 4 nitrogen and oxygen atoms in total. The number of carbonyl (C=O) groups is 1. The molecule has 0 bridgehead atoms. The summed E-state index contributed by atoms with van der Waals surface area (Å²) in [6.45, 7) is 2.16. The number of rotatable bonds is 5. The lowest BCUT2D eigenvalue weighted by Crippen LogP contribution is -2.33. The summed E-state index contributed by atoms with van der Waals surface area (Å²) in [5.41, 5.74) is 0.303. The largest absolute Gasteiger partial charge is 0.507 e. The van der Waals surface area contributed by atoms with Gasteiger partial charge in [-0.15, -0.1) is 0 Å². The van der Waals surface area contributed by atoms with E-state index in [1.165, 1.54) is 13.2 Å². The maximum Gasteiger partial charge on any atom is 0.255 e. The van der Waals surface area contributed by atoms with Gasteiger partial charge in [-0.05, 0) is 37.1 Å². The summed E-state index contributed by atoms with van der Waals surface area (Å²) in [4.78, 5) is 12.2. The predicted molar refractivity (Wildman–Crippen MR) is 81.7 cm³/mol. The predicted octanol–water partition coefficient (Wildman–Crippen LogP) is 2.80. The van der Waals surface area contributed by atoms with Crippen LogP contribution in [0.15, 0.2) is 18.2 Å². The number of benzene rings is 1. The van der Waals surface area contributed by atoms with Gasteiger partial charge >= 0.3 is 0 Å². The average Bonchev–Trinajstić information content (AvgIpc) is 2.86. The van der Waals surface area contributed by atoms with E-state index >= 15 is 0 Å². The fraction of sp³-hybridized carbons (Fsp3) is 0.533. The molecule has 20 heavy (non-hydrogen) atoms. The first-order valence-electron chi connectivity index (χ1n) is 6.93. The van der Waals surface area contributed by atoms with Crippen LogP contribution in [0.1, 0.15) is 36.5 Å². The second kappa shape index (κ2) is 6.88. The molecule has 0 aliphatic heterocycles. The Hall–Kier alpha value is -1.36. The quantitative estimate of drug-likeness (QED) is 0.877. The van der Waals surface area contributed by atoms with Gasteiger partial charge in [0.2, 0.25) is 0 Å². The number of hydrogen-bond donors (Lipinski definition) is 2. The number of nitrogens with one attached hydrogen (secondary N) is 1. The minimum atomic E-state index is -0.211. The highest BCUT2D eigenvalue weighted by molar-refractivity contribution is 7.99. The number of hydrogen-bond acceptors (Lipinski definition) is 4. The summed E-state index contributed by atoms with van der Waals surface area (Å²) in [6.07, 6.45) is 3.18. The SMILES string of the molecule is CCSC1CCC(NC(=O)c2ccc(OC)cc2O)C1. The zero-order chi connectivity index (χ0) is 14.5. The Kier molecular flexibility index (Phi) is 5.17. The maximum atomic E-state index is 12.2. The van der Waals surface area contributed by atoms with E-state index in [0.717, 1.165) is 25.0 Å². The number of methoxy groups -OCH3 is 1. The molecule has 1 amide bonds. The van der Waals surface area contributed by atoms with Gasteiger partial charge in [0.05, 0.1) is 12.7 Å². The molecule has 2 unspecified atom stereocenters. The summed E-state index contributed by atoms with van der Waals surface area (Å²) in [5.74, 6) is 1.40. The number of ether oxygens (including phenoxy) is 1. The second-order valence-electron chi connectivity index (χ2n) is 4.94. The summed E-state index contributed by atoms with van der Waals surface area (Å²) < 4.78 is 5.01. The maximum absolute atomic E-state index is 12.2. The van der Waals surface area contributed by atoms with E-state index < -0.39 is 0 Å². The van der Waals surface area contributed by atoms with Crippen molar-refractivity contribution in [2.45, 2.75) is 37.5 Å². The minimum Gasteiger partial charge on any atom is -0.507 e. The van der Waals surface area contributed by atoms with E-state index in [1.807, 2.05) is 11.8 Å². The lowest BCUT2D eigenvalue weighted by molar-refractivity contribution is 0.0935. The van der Waals surface area contributed by atoms with Gasteiger partial charge in [0.25, 0.3) is 5.91 Å². The second-order valence-corrected chi connectivity index (χ2v) is 6.52. The molecule has 0 spiro atoms. The number of phenols is 1. The van der Waals surface area contributed by atoms with E-state index in [-0.39, 0.29) is 17.7 Å². The van der Waals surface area contributed by atoms with Crippen LogP contribution < -0.4 is 10.1 Å². The third-order valence-corrected chi connectivity index (χ3v) is 4.80. The molecule has 1 aromatic carbocycles. The fourth-order valence-corrected chi connectivity index (χ4v) is 3.69. The van der Waals surface area contributed by atoms with Gasteiger partial charge in [-0.3, -0.25) is 4.79 Å². The summed E-state index contributed by atoms with van der Waals surface area (Å²) in [6, 6.07) is 4.95. The molecule has 5 heteroatoms. The van der Waals surface area contributed by atoms with Crippen molar-refractivity contribution in [3.63, 3.8) is 0 Å². The van der Waals surface area contributed by atoms with Crippen molar-refractivity contribution < 1.29 is 14.6 Å². The molecule has 0 heterocycles. The van der Waals surface area contributed by atoms with Crippen molar-refractivity contribution in [3.8, 4) is 11.5 Å². The molecule has 2 N–H and O–H groups in total. The standard InChI is InChI=1S/C15H21NO3S/c1-3-20-12-6-4-10(8-12)16-15(18)13-7-5-11(19-2)9-14(13)17/h5,7,9-10,12,17H,3-4,6,8H2,1-2H3,(H,16,18). The third kappa shape index (κ3) is 3.60. The van der Waals surface area contributed by atoms with Gasteiger partial charge in [0.15, 0.2) is 0 Å². The first-order valence-corrected chi connectivity index (χ1v) is 7.98. The molecule has 0 saturated heterocycles. The van der Waals surface area contributed by atoms with Crippen LogP contribution in [0.25, 0.3) is 0 Å². The Morgan fingerprint density at radius 1 is 1.50 bits per heavy atom. The monoisotopic (exact) mass is 295 g/mol. The molecule has 1 saturated carbocycles. The smallest absolute Gasteiger partial charge is 0.255 e. The van der Waals surface area contributed by atoms with Crippen molar-refractivity contribution in [2.75, 3.05) is 12.9 Å². The van der Waals surface area contributed by atoms with Crippen molar-refractivity contribution >= 4 is 17.7 Å². The number of amides is 1. The number of phenolic OH excluding ortho intramolecular Hbond substituents is 1. The normalized spacial score (nSPS) is 21.7. The molecule has 2 atom stereocenters. The van der Waals surface area contributed by atoms with Crippen LogP contribution in [-0.4, -0.2) is 35.2 Å². The zero-order valence-corrected chi connectivity index (χ0v) is 12.7. The first-order chi connectivity index (χ1) is 9.63. The van der Waals surface area contributed by atoms with Crippen molar-refractivity contribution in [2.24, 2.45) is 0 Å². The van der Waals surface area contributed by atoms with Crippen LogP contribution in [0.2, 0.25) is 0 Å². The topological polar surface area (TPSA) is 58.6 Å². The Morgan fingerprint density at radius 3 is 2.95 bits per heavy atom. The van der Waals surface area contributed by atoms with Crippen LogP contribution in [0.5, 0.6) is 11.5 Å². The van der Waals surface area contributed by atoms with Gasteiger partial charge in [0, 0.05) is 17.4 Å². The first kappa shape index (κ1) is 15.0. The van der Waals surface area contributed by atoms with Crippen molar-refractivity contribution in [1.29, 1.82) is 0 Å². The molecular weight excluding hydrogens is 274 g/mol. The van der Waals surface area contributed by atoms with Crippen molar-refractivity contribution in [3.05, 3.63) is 23.8 Å². The number of aromatic hydroxyl groups is 1. The minimum absolute atomic E-state index is 0.0423. The van der Waals surface area contributed by atoms with E-state index in [0.29, 0.717) is 16.6 Å². The third-order valence-electron chi connectivity index (χ3n) is 3.57. The van der Waals surface area contributed by atoms with Crippen LogP contribution in [0.3, 0.4) is 0 Å². The zero-order valence-electron chi connectivity index (χ0n) is 11.9. The van der Waals surface area contributed by atoms with E-state index in [2.05, 4.69) is 12.2 Å². The van der Waals surface area contributed by atoms with Crippen LogP contribution in [0, 0.1) is 0 Å². The molecule has 110 valence electrons. The van der Waals surface area contributed by atoms with Gasteiger partial charge in [-0.2, -0.15) is 11.8 Å². The van der Waals surface area contributed by atoms with Gasteiger partial charge in [-0.1, -0.05) is 6.92 Å². The Labute approximate surface area is 123 Å². The Morgan fingerprint density at radius 2 is 2.30 bits per heavy atom. The highest BCUT2D eigenvalue weighted by Crippen LogP contribution is 2.30. The summed E-state index contributed by atoms with van der Waals surface area (Å²) >= 11 is 1.96. The van der Waals surface area contributed by atoms with Gasteiger partial charge in [-0.25, -0.2) is 0 Å². The Balaban J connectivity index is 1.95. The van der Waals surface area contributed by atoms with Gasteiger partial charge in [0.1, 0.15) is 11.5 Å². The van der Waals surface area contributed by atoms with Crippen molar-refractivity contribution in [1.82, 2.24) is 5.32 Å². The van der Waals surface area contributed by atoms with E-state index in [1.54, 1.807) is 12.1 Å². The number of carbonyl (C=O) groups excluding carboxylic acids is 1. The lowest BCUT2D eigenvalue weighted by atomic mass is 10.1. The van der Waals surface area contributed by atoms with Crippen LogP contribution in [-0.2, 0) is 0 Å². The van der Waals surface area contributed by atoms with E-state index in [4.69, 9.17) is 4.74 Å². The highest BCUT2D eigenvalue weighted by atomic mass is 32.2. The lowest BCUT2D eigenvalue weighted by Gasteiger charge is -2.14. The fourth-order valence-electron chi connectivity index (χ4n) is 2.55. The molecule has 0 radical (unpaired) electrons. The highest BCUT2D eigenvalue weighted by Gasteiger charge is 2.26. The van der Waals surface area contributed by atoms with Gasteiger partial charge < -0.3 is 15.2 Å². The van der Waals surface area contributed by atoms with Crippen LogP contribution in [0.4, 0.5) is 0 Å². The molecule has 2 rings (SSSR count). The molecule has 1 aliphatic carbocycles. The average molecular weight is 295 g/mol.